The van der Waals surface area contributed by atoms with Crippen molar-refractivity contribution in [2.45, 2.75) is 56.7 Å². The Hall–Kier alpha value is -7.03. The second kappa shape index (κ2) is 16.4. The van der Waals surface area contributed by atoms with Gasteiger partial charge < -0.3 is 30.5 Å². The minimum Gasteiger partial charge on any atom is -0.457 e. The average Bonchev–Trinajstić information content (AvgIpc) is 3.49. The number of benzene rings is 2. The SMILES string of the molecule is Nc1ncnc2c1c(-c1ccc(Oc3ccccc3)cc1)nn2C1CCC(N2C=CC=CC(N3CCN(c4ccc(C(=O)NC5CCC(=O)NC5=O)nc4)CC3)=C2)CC1. The van der Waals surface area contributed by atoms with E-state index in [1.54, 1.807) is 12.3 Å². The number of nitrogens with two attached hydrogens (primary N) is 1. The summed E-state index contributed by atoms with van der Waals surface area (Å²) in [7, 11) is 0. The number of nitrogens with zero attached hydrogens (tertiary/aromatic N) is 8. The van der Waals surface area contributed by atoms with E-state index in [9.17, 15) is 14.4 Å². The number of imide groups is 1. The monoisotopic (exact) mass is 791 g/mol. The van der Waals surface area contributed by atoms with E-state index in [4.69, 9.17) is 15.6 Å². The summed E-state index contributed by atoms with van der Waals surface area (Å²) in [6.45, 7) is 3.26. The standard InChI is InChI=1S/C44H45N11O4/c45-41-39-40(29-9-16-35(17-10-29)59-34-7-2-1-3-8-34)51-55(42(39)48-28-47-41)31-13-11-30(12-14-31)54-21-5-4-6-33(27-54)53-24-22-52(23-25-53)32-15-18-36(46-26-32)43(57)49-37-19-20-38(56)50-44(37)58/h1-10,15-18,21,26-28,30-31,37H,11-14,19-20,22-25H2,(H,49,57)(H2,45,47,48)(H,50,56,58). The predicted molar refractivity (Wildman–Crippen MR) is 223 cm³/mol. The Morgan fingerprint density at radius 3 is 2.31 bits per heavy atom. The second-order valence-corrected chi connectivity index (χ2v) is 15.2. The molecule has 0 radical (unpaired) electrons. The van der Waals surface area contributed by atoms with Gasteiger partial charge in [0.2, 0.25) is 11.8 Å². The van der Waals surface area contributed by atoms with E-state index in [1.165, 1.54) is 12.0 Å². The van der Waals surface area contributed by atoms with Gasteiger partial charge in [-0.15, -0.1) is 0 Å². The van der Waals surface area contributed by atoms with E-state index < -0.39 is 17.9 Å². The van der Waals surface area contributed by atoms with Crippen molar-refractivity contribution in [1.82, 2.24) is 45.2 Å². The number of carbonyl (C=O) groups is 3. The van der Waals surface area contributed by atoms with E-state index in [0.29, 0.717) is 11.9 Å². The summed E-state index contributed by atoms with van der Waals surface area (Å²) >= 11 is 0. The zero-order chi connectivity index (χ0) is 40.3. The fraction of sp³-hybridized carbons (Fsp3) is 0.295. The van der Waals surface area contributed by atoms with E-state index in [1.807, 2.05) is 60.7 Å². The molecule has 1 saturated carbocycles. The zero-order valence-corrected chi connectivity index (χ0v) is 32.5. The highest BCUT2D eigenvalue weighted by molar-refractivity contribution is 6.03. The van der Waals surface area contributed by atoms with Crippen LogP contribution in [0.5, 0.6) is 11.5 Å². The quantitative estimate of drug-likeness (QED) is 0.164. The first kappa shape index (κ1) is 37.5. The number of ether oxygens (including phenoxy) is 1. The molecule has 5 aromatic rings. The summed E-state index contributed by atoms with van der Waals surface area (Å²) in [5, 5.41) is 10.9. The minimum atomic E-state index is -0.743. The summed E-state index contributed by atoms with van der Waals surface area (Å²) in [5.74, 6) is 0.680. The van der Waals surface area contributed by atoms with Crippen LogP contribution in [0.4, 0.5) is 11.5 Å². The van der Waals surface area contributed by atoms with Gasteiger partial charge in [0.15, 0.2) is 5.65 Å². The Kier molecular flexibility index (Phi) is 10.5. The lowest BCUT2D eigenvalue weighted by molar-refractivity contribution is -0.134. The third-order valence-corrected chi connectivity index (χ3v) is 11.5. The molecule has 4 aliphatic rings. The van der Waals surface area contributed by atoms with Crippen LogP contribution in [-0.4, -0.2) is 90.5 Å². The van der Waals surface area contributed by atoms with Crippen LogP contribution in [-0.2, 0) is 9.59 Å². The topological polar surface area (TPSA) is 177 Å². The molecule has 6 heterocycles. The molecule has 300 valence electrons. The van der Waals surface area contributed by atoms with Crippen molar-refractivity contribution >= 4 is 40.3 Å². The molecule has 1 atom stereocenters. The summed E-state index contributed by atoms with van der Waals surface area (Å²) in [5.41, 5.74) is 11.2. The van der Waals surface area contributed by atoms with E-state index in [-0.39, 0.29) is 30.5 Å². The molecule has 1 unspecified atom stereocenters. The molecule has 15 nitrogen and oxygen atoms in total. The Morgan fingerprint density at radius 1 is 0.814 bits per heavy atom. The first-order chi connectivity index (χ1) is 28.9. The number of rotatable bonds is 9. The molecule has 4 N–H and O–H groups in total. The molecule has 0 bridgehead atoms. The fourth-order valence-electron chi connectivity index (χ4n) is 8.31. The highest BCUT2D eigenvalue weighted by Crippen LogP contribution is 2.38. The Morgan fingerprint density at radius 2 is 1.56 bits per heavy atom. The molecule has 3 aromatic heterocycles. The van der Waals surface area contributed by atoms with Crippen LogP contribution < -0.4 is 26.0 Å². The number of carbonyl (C=O) groups excluding carboxylic acids is 3. The lowest BCUT2D eigenvalue weighted by atomic mass is 9.90. The number of hydrogen-bond acceptors (Lipinski definition) is 12. The van der Waals surface area contributed by atoms with Crippen LogP contribution in [0.1, 0.15) is 55.1 Å². The third kappa shape index (κ3) is 8.08. The second-order valence-electron chi connectivity index (χ2n) is 15.2. The molecule has 2 saturated heterocycles. The lowest BCUT2D eigenvalue weighted by Gasteiger charge is -2.39. The van der Waals surface area contributed by atoms with Crippen LogP contribution in [0.3, 0.4) is 0 Å². The summed E-state index contributed by atoms with van der Waals surface area (Å²) < 4.78 is 8.08. The van der Waals surface area contributed by atoms with Crippen molar-refractivity contribution in [2.24, 2.45) is 0 Å². The number of piperazine rings is 1. The van der Waals surface area contributed by atoms with Crippen molar-refractivity contribution in [3.63, 3.8) is 0 Å². The highest BCUT2D eigenvalue weighted by atomic mass is 16.5. The van der Waals surface area contributed by atoms with Crippen LogP contribution in [0.25, 0.3) is 22.3 Å². The van der Waals surface area contributed by atoms with Crippen molar-refractivity contribution < 1.29 is 19.1 Å². The summed E-state index contributed by atoms with van der Waals surface area (Å²) in [4.78, 5) is 56.7. The average molecular weight is 792 g/mol. The summed E-state index contributed by atoms with van der Waals surface area (Å²) in [6.07, 6.45) is 18.4. The highest BCUT2D eigenvalue weighted by Gasteiger charge is 2.31. The van der Waals surface area contributed by atoms with Crippen LogP contribution in [0, 0.1) is 0 Å². The number of fused-ring (bicyclic) bond motifs is 1. The number of hydrogen-bond donors (Lipinski definition) is 3. The molecular formula is C44H45N11O4. The third-order valence-electron chi connectivity index (χ3n) is 11.5. The maximum Gasteiger partial charge on any atom is 0.270 e. The van der Waals surface area contributed by atoms with E-state index in [0.717, 1.165) is 91.3 Å². The Labute approximate surface area is 341 Å². The molecule has 3 amide bonds. The molecule has 59 heavy (non-hydrogen) atoms. The first-order valence-electron chi connectivity index (χ1n) is 20.1. The van der Waals surface area contributed by atoms with E-state index >= 15 is 0 Å². The maximum absolute atomic E-state index is 12.8. The van der Waals surface area contributed by atoms with Gasteiger partial charge in [0.05, 0.1) is 29.0 Å². The smallest absolute Gasteiger partial charge is 0.270 e. The van der Waals surface area contributed by atoms with Crippen LogP contribution in [0.2, 0.25) is 0 Å². The van der Waals surface area contributed by atoms with Gasteiger partial charge in [0.1, 0.15) is 41.1 Å². The van der Waals surface area contributed by atoms with Gasteiger partial charge in [-0.2, -0.15) is 5.10 Å². The maximum atomic E-state index is 12.8. The number of para-hydroxylation sites is 1. The Bertz CT molecular complexity index is 2430. The van der Waals surface area contributed by atoms with Crippen molar-refractivity contribution in [2.75, 3.05) is 36.8 Å². The van der Waals surface area contributed by atoms with Gasteiger partial charge >= 0.3 is 0 Å². The van der Waals surface area contributed by atoms with Gasteiger partial charge in [0.25, 0.3) is 5.91 Å². The Balaban J connectivity index is 0.816. The first-order valence-corrected chi connectivity index (χ1v) is 20.1. The number of pyridine rings is 1. The molecule has 3 fully saturated rings. The molecule has 2 aromatic carbocycles. The summed E-state index contributed by atoms with van der Waals surface area (Å²) in [6, 6.07) is 20.9. The minimum absolute atomic E-state index is 0.173. The molecule has 9 rings (SSSR count). The van der Waals surface area contributed by atoms with E-state index in [2.05, 4.69) is 75.6 Å². The zero-order valence-electron chi connectivity index (χ0n) is 32.5. The molecule has 0 spiro atoms. The normalized spacial score (nSPS) is 20.9. The lowest BCUT2D eigenvalue weighted by Crippen LogP contribution is -2.52. The molecule has 1 aliphatic carbocycles. The van der Waals surface area contributed by atoms with Gasteiger partial charge in [-0.05, 0) is 92.8 Å². The van der Waals surface area contributed by atoms with Gasteiger partial charge in [-0.3, -0.25) is 19.7 Å². The van der Waals surface area contributed by atoms with Crippen LogP contribution >= 0.6 is 0 Å². The van der Waals surface area contributed by atoms with Gasteiger partial charge in [-0.1, -0.05) is 24.3 Å². The molecule has 15 heteroatoms. The number of piperidine rings is 1. The molecule has 3 aliphatic heterocycles. The van der Waals surface area contributed by atoms with Gasteiger partial charge in [0, 0.05) is 56.6 Å². The van der Waals surface area contributed by atoms with Crippen molar-refractivity contribution in [3.8, 4) is 22.8 Å². The number of nitrogens with one attached hydrogen (secondary N) is 2. The predicted octanol–water partition coefficient (Wildman–Crippen LogP) is 5.33. The molecular weight excluding hydrogens is 747 g/mol. The van der Waals surface area contributed by atoms with Crippen molar-refractivity contribution in [3.05, 3.63) is 121 Å². The van der Waals surface area contributed by atoms with Crippen LogP contribution in [0.15, 0.2) is 116 Å². The van der Waals surface area contributed by atoms with Gasteiger partial charge in [-0.25, -0.2) is 19.6 Å². The number of anilines is 2. The number of allylic oxidation sites excluding steroid dienone is 3. The largest absolute Gasteiger partial charge is 0.457 e. The fourth-order valence-corrected chi connectivity index (χ4v) is 8.31. The number of aromatic nitrogens is 5. The number of amides is 3. The number of nitrogen functional groups attached to an aromatic ring is 1. The van der Waals surface area contributed by atoms with Crippen molar-refractivity contribution in [1.29, 1.82) is 0 Å².